The Hall–Kier alpha value is -0.910. The van der Waals surface area contributed by atoms with Crippen LogP contribution in [0.3, 0.4) is 0 Å². The molecule has 1 aromatic rings. The van der Waals surface area contributed by atoms with E-state index in [1.165, 1.54) is 0 Å². The van der Waals surface area contributed by atoms with Crippen LogP contribution < -0.4 is 10.5 Å². The predicted molar refractivity (Wildman–Crippen MR) is 67.1 cm³/mol. The highest BCUT2D eigenvalue weighted by molar-refractivity contribution is 7.89. The monoisotopic (exact) mass is 254 g/mol. The first kappa shape index (κ1) is 12.5. The van der Waals surface area contributed by atoms with Crippen molar-refractivity contribution in [1.82, 2.24) is 4.72 Å². The number of benzene rings is 1. The summed E-state index contributed by atoms with van der Waals surface area (Å²) in [6, 6.07) is 6.89. The molecule has 1 unspecified atom stereocenters. The first-order valence-electron chi connectivity index (χ1n) is 5.81. The molecule has 4 nitrogen and oxygen atoms in total. The van der Waals surface area contributed by atoms with Crippen LogP contribution in [-0.2, 0) is 10.0 Å². The van der Waals surface area contributed by atoms with Gasteiger partial charge in [-0.05, 0) is 37.3 Å². The maximum absolute atomic E-state index is 12.0. The van der Waals surface area contributed by atoms with E-state index < -0.39 is 10.0 Å². The molecule has 1 aliphatic rings. The Morgan fingerprint density at radius 3 is 2.65 bits per heavy atom. The molecule has 1 aromatic carbocycles. The highest BCUT2D eigenvalue weighted by Gasteiger charge is 2.29. The van der Waals surface area contributed by atoms with Gasteiger partial charge in [0.25, 0.3) is 0 Å². The van der Waals surface area contributed by atoms with Gasteiger partial charge in [0.1, 0.15) is 0 Å². The Kier molecular flexibility index (Phi) is 3.51. The topological polar surface area (TPSA) is 72.2 Å². The minimum Gasteiger partial charge on any atom is -0.326 e. The average molecular weight is 254 g/mol. The van der Waals surface area contributed by atoms with Crippen molar-refractivity contribution in [3.05, 3.63) is 29.8 Å². The number of rotatable bonds is 5. The van der Waals surface area contributed by atoms with Crippen molar-refractivity contribution in [1.29, 1.82) is 0 Å². The zero-order chi connectivity index (χ0) is 12.5. The van der Waals surface area contributed by atoms with E-state index in [9.17, 15) is 8.42 Å². The summed E-state index contributed by atoms with van der Waals surface area (Å²) < 4.78 is 26.7. The van der Waals surface area contributed by atoms with Crippen molar-refractivity contribution in [3.8, 4) is 0 Å². The van der Waals surface area contributed by atoms with E-state index in [4.69, 9.17) is 5.73 Å². The second kappa shape index (κ2) is 4.76. The SMILES string of the molecule is Cc1ccccc1S(=O)(=O)NCC(N)C1CC1. The molecule has 3 N–H and O–H groups in total. The van der Waals surface area contributed by atoms with E-state index in [1.54, 1.807) is 25.1 Å². The van der Waals surface area contributed by atoms with Crippen molar-refractivity contribution in [2.75, 3.05) is 6.54 Å². The van der Waals surface area contributed by atoms with E-state index in [0.29, 0.717) is 17.4 Å². The third kappa shape index (κ3) is 3.06. The van der Waals surface area contributed by atoms with Gasteiger partial charge in [-0.25, -0.2) is 13.1 Å². The van der Waals surface area contributed by atoms with Crippen LogP contribution in [0, 0.1) is 12.8 Å². The molecular weight excluding hydrogens is 236 g/mol. The second-order valence-corrected chi connectivity index (χ2v) is 6.35. The van der Waals surface area contributed by atoms with E-state index in [2.05, 4.69) is 4.72 Å². The van der Waals surface area contributed by atoms with Crippen molar-refractivity contribution in [2.24, 2.45) is 11.7 Å². The largest absolute Gasteiger partial charge is 0.326 e. The molecule has 0 aromatic heterocycles. The molecule has 1 fully saturated rings. The fraction of sp³-hybridized carbons (Fsp3) is 0.500. The molecule has 0 spiro atoms. The molecule has 0 heterocycles. The van der Waals surface area contributed by atoms with Crippen LogP contribution in [0.1, 0.15) is 18.4 Å². The summed E-state index contributed by atoms with van der Waals surface area (Å²) in [7, 11) is -3.42. The highest BCUT2D eigenvalue weighted by atomic mass is 32.2. The van der Waals surface area contributed by atoms with Crippen molar-refractivity contribution >= 4 is 10.0 Å². The zero-order valence-electron chi connectivity index (χ0n) is 9.89. The van der Waals surface area contributed by atoms with Crippen LogP contribution in [0.25, 0.3) is 0 Å². The van der Waals surface area contributed by atoms with E-state index in [-0.39, 0.29) is 6.04 Å². The smallest absolute Gasteiger partial charge is 0.240 e. The lowest BCUT2D eigenvalue weighted by Crippen LogP contribution is -2.38. The fourth-order valence-corrected chi connectivity index (χ4v) is 3.15. The van der Waals surface area contributed by atoms with Crippen LogP contribution in [0.5, 0.6) is 0 Å². The second-order valence-electron chi connectivity index (χ2n) is 4.62. The summed E-state index contributed by atoms with van der Waals surface area (Å²) in [5, 5.41) is 0. The summed E-state index contributed by atoms with van der Waals surface area (Å²) in [5.74, 6) is 0.495. The van der Waals surface area contributed by atoms with Crippen molar-refractivity contribution in [3.63, 3.8) is 0 Å². The Bertz CT molecular complexity index is 495. The summed E-state index contributed by atoms with van der Waals surface area (Å²) in [4.78, 5) is 0.336. The standard InChI is InChI=1S/C12H18N2O2S/c1-9-4-2-3-5-12(9)17(15,16)14-8-11(13)10-6-7-10/h2-5,10-11,14H,6-8,13H2,1H3. The molecule has 1 saturated carbocycles. The lowest BCUT2D eigenvalue weighted by Gasteiger charge is -2.13. The molecule has 0 bridgehead atoms. The third-order valence-electron chi connectivity index (χ3n) is 3.12. The molecule has 94 valence electrons. The minimum atomic E-state index is -3.42. The molecule has 0 amide bonds. The lowest BCUT2D eigenvalue weighted by atomic mass is 10.2. The van der Waals surface area contributed by atoms with Gasteiger partial charge in [-0.2, -0.15) is 0 Å². The van der Waals surface area contributed by atoms with Crippen molar-refractivity contribution < 1.29 is 8.42 Å². The van der Waals surface area contributed by atoms with Gasteiger partial charge in [0.2, 0.25) is 10.0 Å². The molecule has 17 heavy (non-hydrogen) atoms. The van der Waals surface area contributed by atoms with Gasteiger partial charge in [-0.15, -0.1) is 0 Å². The molecule has 1 aliphatic carbocycles. The summed E-state index contributed by atoms with van der Waals surface area (Å²) in [6.07, 6.45) is 2.24. The molecular formula is C12H18N2O2S. The molecule has 5 heteroatoms. The van der Waals surface area contributed by atoms with Crippen LogP contribution in [0.2, 0.25) is 0 Å². The molecule has 0 saturated heterocycles. The van der Waals surface area contributed by atoms with Crippen LogP contribution >= 0.6 is 0 Å². The van der Waals surface area contributed by atoms with Gasteiger partial charge in [-0.1, -0.05) is 18.2 Å². The normalized spacial score (nSPS) is 18.0. The van der Waals surface area contributed by atoms with Crippen LogP contribution in [0.15, 0.2) is 29.2 Å². The van der Waals surface area contributed by atoms with Crippen LogP contribution in [-0.4, -0.2) is 21.0 Å². The summed E-state index contributed by atoms with van der Waals surface area (Å²) in [6.45, 7) is 2.11. The van der Waals surface area contributed by atoms with Gasteiger partial charge in [-0.3, -0.25) is 0 Å². The molecule has 1 atom stereocenters. The van der Waals surface area contributed by atoms with E-state index >= 15 is 0 Å². The van der Waals surface area contributed by atoms with E-state index in [1.807, 2.05) is 6.07 Å². The predicted octanol–water partition coefficient (Wildman–Crippen LogP) is 1.01. The van der Waals surface area contributed by atoms with Gasteiger partial charge in [0.05, 0.1) is 4.90 Å². The number of aryl methyl sites for hydroxylation is 1. The number of sulfonamides is 1. The highest BCUT2D eigenvalue weighted by Crippen LogP contribution is 2.31. The number of hydrogen-bond donors (Lipinski definition) is 2. The molecule has 0 radical (unpaired) electrons. The first-order chi connectivity index (χ1) is 8.00. The number of nitrogens with two attached hydrogens (primary N) is 1. The van der Waals surface area contributed by atoms with E-state index in [0.717, 1.165) is 18.4 Å². The first-order valence-corrected chi connectivity index (χ1v) is 7.30. The Morgan fingerprint density at radius 1 is 1.41 bits per heavy atom. The van der Waals surface area contributed by atoms with Gasteiger partial charge in [0.15, 0.2) is 0 Å². The number of hydrogen-bond acceptors (Lipinski definition) is 3. The summed E-state index contributed by atoms with van der Waals surface area (Å²) in [5.41, 5.74) is 6.63. The Balaban J connectivity index is 2.05. The van der Waals surface area contributed by atoms with Gasteiger partial charge < -0.3 is 5.73 Å². The minimum absolute atomic E-state index is 0.0613. The maximum Gasteiger partial charge on any atom is 0.240 e. The number of nitrogens with one attached hydrogen (secondary N) is 1. The fourth-order valence-electron chi connectivity index (χ4n) is 1.83. The Labute approximate surface area is 102 Å². The lowest BCUT2D eigenvalue weighted by molar-refractivity contribution is 0.547. The molecule has 0 aliphatic heterocycles. The van der Waals surface area contributed by atoms with Gasteiger partial charge >= 0.3 is 0 Å². The third-order valence-corrected chi connectivity index (χ3v) is 4.70. The average Bonchev–Trinajstić information content (AvgIpc) is 3.10. The maximum atomic E-state index is 12.0. The van der Waals surface area contributed by atoms with Crippen molar-refractivity contribution in [2.45, 2.75) is 30.7 Å². The summed E-state index contributed by atoms with van der Waals surface area (Å²) >= 11 is 0. The molecule has 2 rings (SSSR count). The van der Waals surface area contributed by atoms with Crippen LogP contribution in [0.4, 0.5) is 0 Å². The van der Waals surface area contributed by atoms with Gasteiger partial charge in [0, 0.05) is 12.6 Å². The zero-order valence-corrected chi connectivity index (χ0v) is 10.7. The quantitative estimate of drug-likeness (QED) is 0.823. The Morgan fingerprint density at radius 2 is 2.06 bits per heavy atom.